The molecule has 4 nitrogen and oxygen atoms in total. The highest BCUT2D eigenvalue weighted by Crippen LogP contribution is 2.33. The molecule has 0 aliphatic rings. The molecule has 0 aliphatic heterocycles. The van der Waals surface area contributed by atoms with Gasteiger partial charge in [0.25, 0.3) is 0 Å². The number of benzene rings is 2. The summed E-state index contributed by atoms with van der Waals surface area (Å²) in [6.07, 6.45) is 3.77. The fourth-order valence-corrected chi connectivity index (χ4v) is 2.92. The van der Waals surface area contributed by atoms with Gasteiger partial charge in [0.15, 0.2) is 0 Å². The summed E-state index contributed by atoms with van der Waals surface area (Å²) in [5.41, 5.74) is 1.68. The molecule has 0 N–H and O–H groups in total. The molecule has 0 radical (unpaired) electrons. The van der Waals surface area contributed by atoms with Crippen molar-refractivity contribution in [3.05, 3.63) is 41.5 Å². The fraction of sp³-hybridized carbons (Fsp3) is 0.476. The summed E-state index contributed by atoms with van der Waals surface area (Å²) in [5, 5.41) is 2.11. The minimum absolute atomic E-state index is 0.277. The van der Waals surface area contributed by atoms with Crippen molar-refractivity contribution in [1.29, 1.82) is 0 Å². The van der Waals surface area contributed by atoms with E-state index in [-0.39, 0.29) is 5.97 Å². The molecule has 0 atom stereocenters. The van der Waals surface area contributed by atoms with E-state index in [2.05, 4.69) is 13.0 Å². The van der Waals surface area contributed by atoms with Crippen LogP contribution in [0.3, 0.4) is 0 Å². The van der Waals surface area contributed by atoms with Gasteiger partial charge in [0.05, 0.1) is 18.8 Å². The predicted octanol–water partition coefficient (Wildman–Crippen LogP) is 4.77. The maximum absolute atomic E-state index is 12.5. The molecule has 0 spiro atoms. The number of esters is 1. The Bertz CT molecular complexity index is 694. The Hall–Kier alpha value is -2.07. The third kappa shape index (κ3) is 4.95. The molecule has 0 fully saturated rings. The molecule has 0 amide bonds. The number of hydrogen-bond acceptors (Lipinski definition) is 4. The maximum atomic E-state index is 12.5. The molecule has 25 heavy (non-hydrogen) atoms. The molecule has 4 heteroatoms. The van der Waals surface area contributed by atoms with Gasteiger partial charge in [0, 0.05) is 25.5 Å². The molecule has 2 aromatic rings. The summed E-state index contributed by atoms with van der Waals surface area (Å²) in [6.45, 7) is 5.54. The first-order chi connectivity index (χ1) is 12.2. The monoisotopic (exact) mass is 344 g/mol. The van der Waals surface area contributed by atoms with Crippen LogP contribution < -0.4 is 4.74 Å². The van der Waals surface area contributed by atoms with Crippen molar-refractivity contribution in [2.75, 3.05) is 26.9 Å². The highest BCUT2D eigenvalue weighted by atomic mass is 16.5. The summed E-state index contributed by atoms with van der Waals surface area (Å²) < 4.78 is 16.3. The quantitative estimate of drug-likeness (QED) is 0.460. The first-order valence-corrected chi connectivity index (χ1v) is 9.06. The number of rotatable bonds is 10. The molecule has 0 bridgehead atoms. The first kappa shape index (κ1) is 19.3. The van der Waals surface area contributed by atoms with Crippen LogP contribution >= 0.6 is 0 Å². The summed E-state index contributed by atoms with van der Waals surface area (Å²) in [5.74, 6) is 0.455. The van der Waals surface area contributed by atoms with E-state index in [1.54, 1.807) is 7.11 Å². The Kier molecular flexibility index (Phi) is 7.74. The van der Waals surface area contributed by atoms with Crippen molar-refractivity contribution >= 4 is 16.7 Å². The summed E-state index contributed by atoms with van der Waals surface area (Å²) >= 11 is 0. The van der Waals surface area contributed by atoms with Crippen LogP contribution in [0, 0.1) is 0 Å². The van der Waals surface area contributed by atoms with Crippen LogP contribution in [0.25, 0.3) is 10.8 Å². The smallest absolute Gasteiger partial charge is 0.338 e. The highest BCUT2D eigenvalue weighted by Gasteiger charge is 2.18. The van der Waals surface area contributed by atoms with Gasteiger partial charge in [-0.25, -0.2) is 4.79 Å². The second kappa shape index (κ2) is 10.0. The van der Waals surface area contributed by atoms with Crippen molar-refractivity contribution in [1.82, 2.24) is 0 Å². The number of methoxy groups -OCH3 is 1. The van der Waals surface area contributed by atoms with Crippen molar-refractivity contribution in [2.45, 2.75) is 39.5 Å². The van der Waals surface area contributed by atoms with Crippen molar-refractivity contribution in [3.63, 3.8) is 0 Å². The average molecular weight is 344 g/mol. The third-order valence-electron chi connectivity index (χ3n) is 4.14. The molecule has 2 aromatic carbocycles. The van der Waals surface area contributed by atoms with Gasteiger partial charge in [-0.15, -0.1) is 0 Å². The summed E-state index contributed by atoms with van der Waals surface area (Å²) in [6, 6.07) is 9.95. The van der Waals surface area contributed by atoms with Gasteiger partial charge in [-0.05, 0) is 36.8 Å². The number of ether oxygens (including phenoxy) is 3. The minimum atomic E-state index is -0.277. The fourth-order valence-electron chi connectivity index (χ4n) is 2.92. The topological polar surface area (TPSA) is 44.8 Å². The van der Waals surface area contributed by atoms with E-state index in [0.29, 0.717) is 25.4 Å². The molecular weight excluding hydrogens is 316 g/mol. The number of aryl methyl sites for hydroxylation is 1. The van der Waals surface area contributed by atoms with Gasteiger partial charge < -0.3 is 14.2 Å². The summed E-state index contributed by atoms with van der Waals surface area (Å²) in [4.78, 5) is 12.5. The zero-order chi connectivity index (χ0) is 18.1. The van der Waals surface area contributed by atoms with E-state index in [9.17, 15) is 4.79 Å². The molecule has 0 aliphatic carbocycles. The van der Waals surface area contributed by atoms with Crippen LogP contribution in [0.2, 0.25) is 0 Å². The molecule has 136 valence electrons. The van der Waals surface area contributed by atoms with Crippen LogP contribution in [0.15, 0.2) is 30.3 Å². The standard InChI is InChI=1S/C21H28O4/c1-4-6-10-17-16-11-7-8-12-18(16)20(25-14-9-13-23-3)15-19(17)21(22)24-5-2/h7-8,11-12,15H,4-6,9-10,13-14H2,1-3H3. The van der Waals surface area contributed by atoms with Crippen LogP contribution in [0.4, 0.5) is 0 Å². The number of fused-ring (bicyclic) bond motifs is 1. The third-order valence-corrected chi connectivity index (χ3v) is 4.14. The second-order valence-corrected chi connectivity index (χ2v) is 5.97. The van der Waals surface area contributed by atoms with E-state index < -0.39 is 0 Å². The van der Waals surface area contributed by atoms with Gasteiger partial charge in [-0.3, -0.25) is 0 Å². The lowest BCUT2D eigenvalue weighted by Gasteiger charge is -2.16. The Labute approximate surface area is 150 Å². The molecule has 2 rings (SSSR count). The van der Waals surface area contributed by atoms with Crippen LogP contribution in [-0.2, 0) is 15.9 Å². The van der Waals surface area contributed by atoms with E-state index in [4.69, 9.17) is 14.2 Å². The van der Waals surface area contributed by atoms with Crippen LogP contribution in [-0.4, -0.2) is 32.9 Å². The zero-order valence-electron chi connectivity index (χ0n) is 15.5. The van der Waals surface area contributed by atoms with E-state index in [0.717, 1.165) is 47.8 Å². The lowest BCUT2D eigenvalue weighted by atomic mass is 9.94. The molecular formula is C21H28O4. The average Bonchev–Trinajstić information content (AvgIpc) is 2.64. The number of unbranched alkanes of at least 4 members (excludes halogenated alkanes) is 1. The van der Waals surface area contributed by atoms with Crippen LogP contribution in [0.5, 0.6) is 5.75 Å². The molecule has 0 unspecified atom stereocenters. The van der Waals surface area contributed by atoms with Gasteiger partial charge in [0.1, 0.15) is 5.75 Å². The van der Waals surface area contributed by atoms with E-state index in [1.807, 2.05) is 31.2 Å². The maximum Gasteiger partial charge on any atom is 0.338 e. The van der Waals surface area contributed by atoms with Crippen molar-refractivity contribution < 1.29 is 19.0 Å². The van der Waals surface area contributed by atoms with Gasteiger partial charge >= 0.3 is 5.97 Å². The molecule has 0 heterocycles. The highest BCUT2D eigenvalue weighted by molar-refractivity contribution is 6.01. The van der Waals surface area contributed by atoms with Gasteiger partial charge in [-0.2, -0.15) is 0 Å². The molecule has 0 saturated carbocycles. The zero-order valence-corrected chi connectivity index (χ0v) is 15.5. The number of carbonyl (C=O) groups excluding carboxylic acids is 1. The molecule has 0 saturated heterocycles. The molecule has 0 aromatic heterocycles. The Morgan fingerprint density at radius 3 is 2.48 bits per heavy atom. The lowest BCUT2D eigenvalue weighted by Crippen LogP contribution is -2.10. The Morgan fingerprint density at radius 2 is 1.80 bits per heavy atom. The van der Waals surface area contributed by atoms with Crippen LogP contribution in [0.1, 0.15) is 49.0 Å². The van der Waals surface area contributed by atoms with E-state index in [1.165, 1.54) is 0 Å². The van der Waals surface area contributed by atoms with E-state index >= 15 is 0 Å². The largest absolute Gasteiger partial charge is 0.493 e. The minimum Gasteiger partial charge on any atom is -0.493 e. The SMILES string of the molecule is CCCCc1c(C(=O)OCC)cc(OCCCOC)c2ccccc12. The number of carbonyl (C=O) groups is 1. The normalized spacial score (nSPS) is 10.8. The number of hydrogen-bond donors (Lipinski definition) is 0. The van der Waals surface area contributed by atoms with Gasteiger partial charge in [-0.1, -0.05) is 37.6 Å². The Balaban J connectivity index is 2.47. The summed E-state index contributed by atoms with van der Waals surface area (Å²) in [7, 11) is 1.68. The van der Waals surface area contributed by atoms with Crippen molar-refractivity contribution in [2.24, 2.45) is 0 Å². The predicted molar refractivity (Wildman–Crippen MR) is 101 cm³/mol. The Morgan fingerprint density at radius 1 is 1.04 bits per heavy atom. The first-order valence-electron chi connectivity index (χ1n) is 9.06. The lowest BCUT2D eigenvalue weighted by molar-refractivity contribution is 0.0524. The van der Waals surface area contributed by atoms with Crippen molar-refractivity contribution in [3.8, 4) is 5.75 Å². The van der Waals surface area contributed by atoms with Gasteiger partial charge in [0.2, 0.25) is 0 Å². The second-order valence-electron chi connectivity index (χ2n) is 5.97.